The van der Waals surface area contributed by atoms with Gasteiger partial charge in [-0.15, -0.1) is 11.8 Å². The van der Waals surface area contributed by atoms with Crippen molar-refractivity contribution in [3.8, 4) is 0 Å². The number of carbonyl (C=O) groups excluding carboxylic acids is 1. The van der Waals surface area contributed by atoms with Crippen LogP contribution in [0.5, 0.6) is 0 Å². The molecule has 0 saturated heterocycles. The lowest BCUT2D eigenvalue weighted by Gasteiger charge is -2.02. The summed E-state index contributed by atoms with van der Waals surface area (Å²) in [5, 5.41) is 1.50. The molecular formula is C12H14ClNO2S. The third-order valence-electron chi connectivity index (χ3n) is 2.09. The van der Waals surface area contributed by atoms with Crippen molar-refractivity contribution in [1.82, 2.24) is 4.98 Å². The van der Waals surface area contributed by atoms with E-state index >= 15 is 0 Å². The first-order chi connectivity index (χ1) is 8.17. The van der Waals surface area contributed by atoms with Crippen LogP contribution in [0.4, 0.5) is 0 Å². The number of carbonyl (C=O) groups is 1. The minimum atomic E-state index is -0.267. The van der Waals surface area contributed by atoms with Crippen molar-refractivity contribution >= 4 is 29.3 Å². The van der Waals surface area contributed by atoms with Crippen LogP contribution in [0.25, 0.3) is 0 Å². The van der Waals surface area contributed by atoms with Gasteiger partial charge in [0.1, 0.15) is 0 Å². The molecule has 0 unspecified atom stereocenters. The highest BCUT2D eigenvalue weighted by Gasteiger charge is 2.06. The molecule has 0 spiro atoms. The second kappa shape index (κ2) is 7.35. The molecule has 1 aromatic rings. The van der Waals surface area contributed by atoms with E-state index in [1.54, 1.807) is 24.0 Å². The first-order valence-corrected chi connectivity index (χ1v) is 6.55. The molecule has 0 aliphatic rings. The number of halogens is 1. The van der Waals surface area contributed by atoms with E-state index < -0.39 is 0 Å². The minimum absolute atomic E-state index is 0.267. The first-order valence-electron chi connectivity index (χ1n) is 5.19. The van der Waals surface area contributed by atoms with Gasteiger partial charge in [0.25, 0.3) is 0 Å². The zero-order chi connectivity index (χ0) is 12.7. The third kappa shape index (κ3) is 4.79. The summed E-state index contributed by atoms with van der Waals surface area (Å²) in [5.41, 5.74) is 0.689. The molecule has 0 saturated carbocycles. The molecule has 0 N–H and O–H groups in total. The van der Waals surface area contributed by atoms with Gasteiger partial charge in [0.15, 0.2) is 0 Å². The topological polar surface area (TPSA) is 39.2 Å². The SMILES string of the molecule is CCC(=CCSc1ccc(Cl)cn1)C(=O)OC. The number of ether oxygens (including phenoxy) is 1. The Morgan fingerprint density at radius 2 is 2.35 bits per heavy atom. The largest absolute Gasteiger partial charge is 0.466 e. The maximum absolute atomic E-state index is 11.3. The maximum Gasteiger partial charge on any atom is 0.333 e. The van der Waals surface area contributed by atoms with Gasteiger partial charge >= 0.3 is 5.97 Å². The van der Waals surface area contributed by atoms with E-state index in [0.29, 0.717) is 22.8 Å². The Bertz CT molecular complexity index is 403. The molecule has 0 radical (unpaired) electrons. The van der Waals surface area contributed by atoms with Gasteiger partial charge in [-0.3, -0.25) is 0 Å². The number of thioether (sulfide) groups is 1. The van der Waals surface area contributed by atoms with Crippen LogP contribution in [0.3, 0.4) is 0 Å². The van der Waals surface area contributed by atoms with Gasteiger partial charge in [0.05, 0.1) is 17.2 Å². The number of hydrogen-bond acceptors (Lipinski definition) is 4. The van der Waals surface area contributed by atoms with Gasteiger partial charge in [0, 0.05) is 17.5 Å². The third-order valence-corrected chi connectivity index (χ3v) is 3.18. The van der Waals surface area contributed by atoms with Gasteiger partial charge in [-0.1, -0.05) is 24.6 Å². The lowest BCUT2D eigenvalue weighted by molar-refractivity contribution is -0.136. The van der Waals surface area contributed by atoms with Crippen LogP contribution in [-0.4, -0.2) is 23.8 Å². The van der Waals surface area contributed by atoms with Crippen LogP contribution in [0.2, 0.25) is 5.02 Å². The summed E-state index contributed by atoms with van der Waals surface area (Å²) in [5.74, 6) is 0.421. The van der Waals surface area contributed by atoms with Crippen molar-refractivity contribution in [1.29, 1.82) is 0 Å². The van der Waals surface area contributed by atoms with Crippen molar-refractivity contribution in [3.63, 3.8) is 0 Å². The fourth-order valence-electron chi connectivity index (χ4n) is 1.18. The molecule has 0 aromatic carbocycles. The zero-order valence-corrected chi connectivity index (χ0v) is 11.3. The van der Waals surface area contributed by atoms with Crippen molar-refractivity contribution in [2.45, 2.75) is 18.4 Å². The van der Waals surface area contributed by atoms with E-state index in [2.05, 4.69) is 9.72 Å². The number of rotatable bonds is 5. The van der Waals surface area contributed by atoms with Crippen molar-refractivity contribution < 1.29 is 9.53 Å². The summed E-state index contributed by atoms with van der Waals surface area (Å²) in [6.45, 7) is 1.92. The second-order valence-electron chi connectivity index (χ2n) is 3.20. The Labute approximate surface area is 110 Å². The predicted octanol–water partition coefficient (Wildman–Crippen LogP) is 3.34. The smallest absolute Gasteiger partial charge is 0.333 e. The average molecular weight is 272 g/mol. The number of aromatic nitrogens is 1. The fraction of sp³-hybridized carbons (Fsp3) is 0.333. The molecule has 92 valence electrons. The standard InChI is InChI=1S/C12H14ClNO2S/c1-3-9(12(15)16-2)6-7-17-11-5-4-10(13)8-14-11/h4-6,8H,3,7H2,1-2H3. The molecule has 1 rings (SSSR count). The van der Waals surface area contributed by atoms with E-state index in [9.17, 15) is 4.79 Å². The number of methoxy groups -OCH3 is 1. The monoisotopic (exact) mass is 271 g/mol. The summed E-state index contributed by atoms with van der Waals surface area (Å²) in [6, 6.07) is 3.65. The quantitative estimate of drug-likeness (QED) is 0.468. The van der Waals surface area contributed by atoms with E-state index in [1.807, 2.05) is 19.1 Å². The van der Waals surface area contributed by atoms with Crippen LogP contribution < -0.4 is 0 Å². The second-order valence-corrected chi connectivity index (χ2v) is 4.68. The van der Waals surface area contributed by atoms with Crippen molar-refractivity contribution in [2.24, 2.45) is 0 Å². The fourth-order valence-corrected chi connectivity index (χ4v) is 2.04. The summed E-state index contributed by atoms with van der Waals surface area (Å²) in [4.78, 5) is 15.4. The van der Waals surface area contributed by atoms with E-state index in [0.717, 1.165) is 5.03 Å². The minimum Gasteiger partial charge on any atom is -0.466 e. The zero-order valence-electron chi connectivity index (χ0n) is 9.77. The van der Waals surface area contributed by atoms with Crippen LogP contribution in [0, 0.1) is 0 Å². The molecule has 1 aromatic heterocycles. The summed E-state index contributed by atoms with van der Waals surface area (Å²) < 4.78 is 4.67. The number of pyridine rings is 1. The normalized spacial score (nSPS) is 11.4. The highest BCUT2D eigenvalue weighted by molar-refractivity contribution is 7.99. The van der Waals surface area contributed by atoms with Gasteiger partial charge in [-0.05, 0) is 18.6 Å². The highest BCUT2D eigenvalue weighted by Crippen LogP contribution is 2.18. The molecule has 1 heterocycles. The molecule has 17 heavy (non-hydrogen) atoms. The molecular weight excluding hydrogens is 258 g/mol. The molecule has 0 amide bonds. The molecule has 5 heteroatoms. The molecule has 0 fully saturated rings. The Morgan fingerprint density at radius 3 is 2.88 bits per heavy atom. The Morgan fingerprint density at radius 1 is 1.59 bits per heavy atom. The average Bonchev–Trinajstić information content (AvgIpc) is 2.36. The van der Waals surface area contributed by atoms with Crippen molar-refractivity contribution in [2.75, 3.05) is 12.9 Å². The van der Waals surface area contributed by atoms with Crippen molar-refractivity contribution in [3.05, 3.63) is 35.0 Å². The molecule has 0 bridgehead atoms. The van der Waals surface area contributed by atoms with Crippen LogP contribution in [0.15, 0.2) is 35.0 Å². The van der Waals surface area contributed by atoms with Crippen LogP contribution in [0.1, 0.15) is 13.3 Å². The summed E-state index contributed by atoms with van der Waals surface area (Å²) in [6.07, 6.45) is 4.14. The first kappa shape index (κ1) is 14.1. The van der Waals surface area contributed by atoms with Gasteiger partial charge in [0.2, 0.25) is 0 Å². The van der Waals surface area contributed by atoms with Gasteiger partial charge < -0.3 is 4.74 Å². The van der Waals surface area contributed by atoms with Gasteiger partial charge in [-0.25, -0.2) is 9.78 Å². The maximum atomic E-state index is 11.3. The predicted molar refractivity (Wildman–Crippen MR) is 70.4 cm³/mol. The number of hydrogen-bond donors (Lipinski definition) is 0. The number of nitrogens with zero attached hydrogens (tertiary/aromatic N) is 1. The molecule has 0 atom stereocenters. The Hall–Kier alpha value is -1.00. The summed E-state index contributed by atoms with van der Waals surface area (Å²) >= 11 is 7.28. The van der Waals surface area contributed by atoms with E-state index in [1.165, 1.54) is 7.11 Å². The van der Waals surface area contributed by atoms with E-state index in [-0.39, 0.29) is 5.97 Å². The molecule has 0 aliphatic heterocycles. The lowest BCUT2D eigenvalue weighted by Crippen LogP contribution is -2.04. The Kier molecular flexibility index (Phi) is 6.08. The highest BCUT2D eigenvalue weighted by atomic mass is 35.5. The van der Waals surface area contributed by atoms with Gasteiger partial charge in [-0.2, -0.15) is 0 Å². The van der Waals surface area contributed by atoms with E-state index in [4.69, 9.17) is 11.6 Å². The van der Waals surface area contributed by atoms with Crippen LogP contribution >= 0.6 is 23.4 Å². The van der Waals surface area contributed by atoms with Crippen LogP contribution in [-0.2, 0) is 9.53 Å². The Balaban J connectivity index is 2.53. The summed E-state index contributed by atoms with van der Waals surface area (Å²) in [7, 11) is 1.39. The molecule has 0 aliphatic carbocycles. The lowest BCUT2D eigenvalue weighted by atomic mass is 10.2. The molecule has 3 nitrogen and oxygen atoms in total. The number of esters is 1.